The smallest absolute Gasteiger partial charge is 0.238 e. The van der Waals surface area contributed by atoms with Gasteiger partial charge in [-0.25, -0.2) is 4.99 Å². The van der Waals surface area contributed by atoms with E-state index in [-0.39, 0.29) is 18.1 Å². The third-order valence-electron chi connectivity index (χ3n) is 6.61. The number of furan rings is 1. The van der Waals surface area contributed by atoms with Crippen molar-refractivity contribution >= 4 is 35.3 Å². The Morgan fingerprint density at radius 2 is 1.44 bits per heavy atom. The molecule has 1 aromatic heterocycles. The largest absolute Gasteiger partial charge is 0.497 e. The van der Waals surface area contributed by atoms with Crippen LogP contribution in [0, 0.1) is 11.3 Å². The Morgan fingerprint density at radius 3 is 2.02 bits per heavy atom. The molecule has 0 fully saturated rings. The number of nitrogens with zero attached hydrogens (tertiary/aromatic N) is 2. The Hall–Kier alpha value is -4.90. The average molecular weight is 613 g/mol. The number of hydrogen-bond acceptors (Lipinski definition) is 7. The number of rotatable bonds is 10. The molecular weight excluding hydrogens is 587 g/mol. The molecule has 0 N–H and O–H groups in total. The SMILES string of the molecule is COc1ccc(-c2oc(N=Cc3cc(Cl)c(OCc4ccc(Cl)cc4)c(OC)c3)c(C#N)c2-c2ccc(OC)cc2)cc1. The van der Waals surface area contributed by atoms with Crippen LogP contribution in [0.25, 0.3) is 22.5 Å². The van der Waals surface area contributed by atoms with Gasteiger partial charge < -0.3 is 23.4 Å². The van der Waals surface area contributed by atoms with Crippen LogP contribution >= 0.6 is 23.2 Å². The normalized spacial score (nSPS) is 10.9. The molecule has 0 atom stereocenters. The molecule has 4 aromatic carbocycles. The Balaban J connectivity index is 1.51. The second-order valence-corrected chi connectivity index (χ2v) is 10.1. The molecule has 0 saturated carbocycles. The molecule has 0 radical (unpaired) electrons. The number of methoxy groups -OCH3 is 3. The zero-order chi connectivity index (χ0) is 30.3. The highest BCUT2D eigenvalue weighted by Crippen LogP contribution is 2.43. The van der Waals surface area contributed by atoms with Gasteiger partial charge in [-0.15, -0.1) is 0 Å². The van der Waals surface area contributed by atoms with Gasteiger partial charge in [-0.2, -0.15) is 5.26 Å². The number of ether oxygens (including phenoxy) is 4. The molecular formula is C34H26Cl2N2O5. The highest BCUT2D eigenvalue weighted by molar-refractivity contribution is 6.32. The molecule has 0 amide bonds. The summed E-state index contributed by atoms with van der Waals surface area (Å²) in [6.07, 6.45) is 1.56. The Labute approximate surface area is 259 Å². The summed E-state index contributed by atoms with van der Waals surface area (Å²) in [7, 11) is 4.73. The van der Waals surface area contributed by atoms with Gasteiger partial charge in [0.25, 0.3) is 0 Å². The first-order valence-corrected chi connectivity index (χ1v) is 13.8. The highest BCUT2D eigenvalue weighted by atomic mass is 35.5. The summed E-state index contributed by atoms with van der Waals surface area (Å²) < 4.78 is 28.4. The number of halogens is 2. The number of benzene rings is 4. The van der Waals surface area contributed by atoms with Gasteiger partial charge in [0.1, 0.15) is 35.5 Å². The predicted octanol–water partition coefficient (Wildman–Crippen LogP) is 9.15. The Bertz CT molecular complexity index is 1790. The first-order chi connectivity index (χ1) is 20.9. The first kappa shape index (κ1) is 29.6. The van der Waals surface area contributed by atoms with Crippen LogP contribution in [-0.2, 0) is 6.61 Å². The molecule has 0 bridgehead atoms. The summed E-state index contributed by atoms with van der Waals surface area (Å²) in [5, 5.41) is 11.2. The van der Waals surface area contributed by atoms with Crippen LogP contribution in [0.4, 0.5) is 5.88 Å². The molecule has 7 nitrogen and oxygen atoms in total. The molecule has 43 heavy (non-hydrogen) atoms. The summed E-state index contributed by atoms with van der Waals surface area (Å²) in [6.45, 7) is 0.279. The maximum Gasteiger partial charge on any atom is 0.238 e. The fourth-order valence-electron chi connectivity index (χ4n) is 4.42. The van der Waals surface area contributed by atoms with Crippen molar-refractivity contribution in [2.24, 2.45) is 4.99 Å². The average Bonchev–Trinajstić information content (AvgIpc) is 3.42. The third-order valence-corrected chi connectivity index (χ3v) is 7.14. The lowest BCUT2D eigenvalue weighted by Crippen LogP contribution is -1.99. The Morgan fingerprint density at radius 1 is 0.814 bits per heavy atom. The lowest BCUT2D eigenvalue weighted by atomic mass is 9.98. The lowest BCUT2D eigenvalue weighted by Gasteiger charge is -2.13. The maximum absolute atomic E-state index is 10.2. The van der Waals surface area contributed by atoms with E-state index in [2.05, 4.69) is 11.1 Å². The van der Waals surface area contributed by atoms with Crippen molar-refractivity contribution in [1.82, 2.24) is 0 Å². The number of hydrogen-bond donors (Lipinski definition) is 0. The van der Waals surface area contributed by atoms with Crippen molar-refractivity contribution in [2.45, 2.75) is 6.61 Å². The van der Waals surface area contributed by atoms with E-state index in [0.29, 0.717) is 49.9 Å². The molecule has 0 aliphatic rings. The summed E-state index contributed by atoms with van der Waals surface area (Å²) >= 11 is 12.6. The summed E-state index contributed by atoms with van der Waals surface area (Å²) in [5.41, 5.74) is 3.99. The standard InChI is InChI=1S/C34H26Cl2N2O5/c1-39-26-12-6-23(7-13-26)31-28(18-37)34(43-32(31)24-8-14-27(40-2)15-9-24)38-19-22-16-29(36)33(30(17-22)41-3)42-20-21-4-10-25(35)11-5-21/h4-17,19H,20H2,1-3H3. The molecule has 0 aliphatic heterocycles. The van der Waals surface area contributed by atoms with Crippen LogP contribution in [0.1, 0.15) is 16.7 Å². The minimum atomic E-state index is 0.150. The molecule has 216 valence electrons. The van der Waals surface area contributed by atoms with E-state index in [1.807, 2.05) is 60.7 Å². The molecule has 0 aliphatic carbocycles. The van der Waals surface area contributed by atoms with Gasteiger partial charge in [-0.05, 0) is 77.4 Å². The van der Waals surface area contributed by atoms with Gasteiger partial charge in [0.05, 0.1) is 26.4 Å². The molecule has 1 heterocycles. The van der Waals surface area contributed by atoms with Gasteiger partial charge in [-0.3, -0.25) is 0 Å². The van der Waals surface area contributed by atoms with E-state index in [0.717, 1.165) is 16.7 Å². The van der Waals surface area contributed by atoms with Crippen LogP contribution in [0.2, 0.25) is 10.0 Å². The zero-order valence-corrected chi connectivity index (χ0v) is 25.1. The summed E-state index contributed by atoms with van der Waals surface area (Å²) in [4.78, 5) is 4.56. The van der Waals surface area contributed by atoms with Gasteiger partial charge >= 0.3 is 0 Å². The van der Waals surface area contributed by atoms with Crippen LogP contribution in [-0.4, -0.2) is 27.5 Å². The van der Waals surface area contributed by atoms with Crippen molar-refractivity contribution in [1.29, 1.82) is 5.26 Å². The fraction of sp³-hybridized carbons (Fsp3) is 0.118. The molecule has 5 aromatic rings. The lowest BCUT2D eigenvalue weighted by molar-refractivity contribution is 0.284. The van der Waals surface area contributed by atoms with Crippen LogP contribution in [0.15, 0.2) is 94.3 Å². The second-order valence-electron chi connectivity index (χ2n) is 9.26. The first-order valence-electron chi connectivity index (χ1n) is 13.1. The van der Waals surface area contributed by atoms with Gasteiger partial charge in [0.2, 0.25) is 5.88 Å². The van der Waals surface area contributed by atoms with Crippen LogP contribution in [0.3, 0.4) is 0 Å². The quantitative estimate of drug-likeness (QED) is 0.146. The van der Waals surface area contributed by atoms with E-state index in [1.165, 1.54) is 7.11 Å². The van der Waals surface area contributed by atoms with E-state index in [9.17, 15) is 5.26 Å². The third kappa shape index (κ3) is 6.62. The minimum Gasteiger partial charge on any atom is -0.497 e. The molecule has 0 saturated heterocycles. The van der Waals surface area contributed by atoms with Crippen molar-refractivity contribution in [3.8, 4) is 51.5 Å². The summed E-state index contributed by atoms with van der Waals surface area (Å²) in [6, 6.07) is 27.9. The van der Waals surface area contributed by atoms with Crippen molar-refractivity contribution in [3.63, 3.8) is 0 Å². The minimum absolute atomic E-state index is 0.150. The van der Waals surface area contributed by atoms with Gasteiger partial charge in [-0.1, -0.05) is 47.5 Å². The van der Waals surface area contributed by atoms with Crippen molar-refractivity contribution in [2.75, 3.05) is 21.3 Å². The monoisotopic (exact) mass is 612 g/mol. The van der Waals surface area contributed by atoms with Gasteiger partial charge in [0.15, 0.2) is 11.5 Å². The van der Waals surface area contributed by atoms with E-state index < -0.39 is 0 Å². The van der Waals surface area contributed by atoms with E-state index in [4.69, 9.17) is 46.6 Å². The molecule has 9 heteroatoms. The molecule has 0 spiro atoms. The number of nitriles is 1. The maximum atomic E-state index is 10.2. The molecule has 0 unspecified atom stereocenters. The van der Waals surface area contributed by atoms with Crippen LogP contribution < -0.4 is 18.9 Å². The number of aliphatic imine (C=N–C) groups is 1. The second kappa shape index (κ2) is 13.4. The van der Waals surface area contributed by atoms with E-state index in [1.54, 1.807) is 44.7 Å². The topological polar surface area (TPSA) is 86.2 Å². The molecule has 5 rings (SSSR count). The Kier molecular flexibility index (Phi) is 9.21. The summed E-state index contributed by atoms with van der Waals surface area (Å²) in [5.74, 6) is 2.87. The predicted molar refractivity (Wildman–Crippen MR) is 168 cm³/mol. The van der Waals surface area contributed by atoms with Crippen molar-refractivity contribution in [3.05, 3.63) is 112 Å². The zero-order valence-electron chi connectivity index (χ0n) is 23.6. The fourth-order valence-corrected chi connectivity index (χ4v) is 4.82. The van der Waals surface area contributed by atoms with Gasteiger partial charge in [0, 0.05) is 22.4 Å². The highest BCUT2D eigenvalue weighted by Gasteiger charge is 2.23. The van der Waals surface area contributed by atoms with E-state index >= 15 is 0 Å². The van der Waals surface area contributed by atoms with Crippen LogP contribution in [0.5, 0.6) is 23.0 Å². The van der Waals surface area contributed by atoms with Crippen molar-refractivity contribution < 1.29 is 23.4 Å².